The highest BCUT2D eigenvalue weighted by molar-refractivity contribution is 5.85. The van der Waals surface area contributed by atoms with Crippen molar-refractivity contribution in [3.63, 3.8) is 0 Å². The van der Waals surface area contributed by atoms with Gasteiger partial charge in [0.1, 0.15) is 12.4 Å². The second kappa shape index (κ2) is 12.3. The third kappa shape index (κ3) is 5.99. The van der Waals surface area contributed by atoms with E-state index >= 15 is 0 Å². The number of para-hydroxylation sites is 3. The first-order chi connectivity index (χ1) is 15.8. The number of halogens is 2. The first kappa shape index (κ1) is 26.2. The van der Waals surface area contributed by atoms with Gasteiger partial charge in [-0.05, 0) is 62.2 Å². The maximum Gasteiger partial charge on any atom is 0.143 e. The van der Waals surface area contributed by atoms with E-state index in [0.29, 0.717) is 6.61 Å². The Bertz CT molecular complexity index is 1010. The molecule has 2 aliphatic heterocycles. The predicted molar refractivity (Wildman–Crippen MR) is 148 cm³/mol. The van der Waals surface area contributed by atoms with E-state index in [-0.39, 0.29) is 24.8 Å². The number of likely N-dealkylation sites (N-methyl/N-ethyl adjacent to an activating group) is 1. The number of anilines is 3. The number of ether oxygens (including phenoxy) is 1. The Hall–Kier alpha value is -2.40. The molecule has 0 unspecified atom stereocenters. The zero-order chi connectivity index (χ0) is 21.8. The highest BCUT2D eigenvalue weighted by Crippen LogP contribution is 2.38. The second-order valence-electron chi connectivity index (χ2n) is 8.95. The number of hydrogen-bond acceptors (Lipinski definition) is 4. The maximum atomic E-state index is 6.11. The van der Waals surface area contributed by atoms with E-state index in [4.69, 9.17) is 4.74 Å². The summed E-state index contributed by atoms with van der Waals surface area (Å²) in [5.41, 5.74) is 6.47. The van der Waals surface area contributed by atoms with Crippen LogP contribution >= 0.6 is 24.8 Å². The number of hydrogen-bond donors (Lipinski definition) is 0. The lowest BCUT2D eigenvalue weighted by molar-refractivity contribution is 0.310. The Morgan fingerprint density at radius 2 is 1.56 bits per heavy atom. The summed E-state index contributed by atoms with van der Waals surface area (Å²) in [6.07, 6.45) is 3.72. The van der Waals surface area contributed by atoms with E-state index in [1.54, 1.807) is 0 Å². The third-order valence-corrected chi connectivity index (χ3v) is 6.69. The third-order valence-electron chi connectivity index (χ3n) is 6.69. The molecule has 0 N–H and O–H groups in total. The van der Waals surface area contributed by atoms with E-state index in [1.165, 1.54) is 48.4 Å². The van der Waals surface area contributed by atoms with E-state index in [2.05, 4.69) is 94.5 Å². The van der Waals surface area contributed by atoms with Crippen LogP contribution in [0, 0.1) is 0 Å². The summed E-state index contributed by atoms with van der Waals surface area (Å²) in [4.78, 5) is 7.38. The van der Waals surface area contributed by atoms with Crippen molar-refractivity contribution in [2.45, 2.75) is 25.9 Å². The summed E-state index contributed by atoms with van der Waals surface area (Å²) >= 11 is 0. The van der Waals surface area contributed by atoms with Gasteiger partial charge in [0, 0.05) is 49.7 Å². The molecule has 6 heteroatoms. The summed E-state index contributed by atoms with van der Waals surface area (Å²) in [6, 6.07) is 26.1. The summed E-state index contributed by atoms with van der Waals surface area (Å²) < 4.78 is 6.11. The molecule has 0 bridgehead atoms. The normalized spacial score (nSPS) is 14.4. The highest BCUT2D eigenvalue weighted by Gasteiger charge is 2.21. The van der Waals surface area contributed by atoms with E-state index in [1.807, 2.05) is 0 Å². The molecule has 1 saturated heterocycles. The summed E-state index contributed by atoms with van der Waals surface area (Å²) in [7, 11) is 2.23. The Morgan fingerprint density at radius 3 is 2.38 bits per heavy atom. The van der Waals surface area contributed by atoms with Crippen molar-refractivity contribution in [2.24, 2.45) is 0 Å². The molecule has 1 fully saturated rings. The van der Waals surface area contributed by atoms with Gasteiger partial charge < -0.3 is 19.4 Å². The smallest absolute Gasteiger partial charge is 0.143 e. The predicted octanol–water partition coefficient (Wildman–Crippen LogP) is 6.34. The largest absolute Gasteiger partial charge is 0.487 e. The van der Waals surface area contributed by atoms with E-state index in [9.17, 15) is 0 Å². The molecule has 0 atom stereocenters. The van der Waals surface area contributed by atoms with Crippen molar-refractivity contribution in [3.05, 3.63) is 83.9 Å². The summed E-state index contributed by atoms with van der Waals surface area (Å²) in [5, 5.41) is 0. The molecule has 3 aromatic rings. The molecule has 0 saturated carbocycles. The Balaban J connectivity index is 0.00000162. The molecule has 0 amide bonds. The summed E-state index contributed by atoms with van der Waals surface area (Å²) in [5.74, 6) is 0.963. The molecule has 0 aliphatic carbocycles. The molecule has 3 aromatic carbocycles. The standard InChI is InChI=1S/C28H33N3O.2ClH/c1-29(18-15-23-9-8-11-25(21-23)30-16-6-7-17-30)19-20-31-26-12-3-2-10-24(26)22-32-28-14-5-4-13-27(28)31;;/h2-5,8-14,21H,6-7,15-20,22H2,1H3;2*1H. The lowest BCUT2D eigenvalue weighted by atomic mass is 10.1. The van der Waals surface area contributed by atoms with Crippen LogP contribution in [0.25, 0.3) is 0 Å². The Morgan fingerprint density at radius 1 is 0.824 bits per heavy atom. The lowest BCUT2D eigenvalue weighted by Crippen LogP contribution is -2.32. The topological polar surface area (TPSA) is 19.0 Å². The lowest BCUT2D eigenvalue weighted by Gasteiger charge is -2.28. The zero-order valence-corrected chi connectivity index (χ0v) is 21.5. The van der Waals surface area contributed by atoms with Gasteiger partial charge >= 0.3 is 0 Å². The molecular formula is C28H35Cl2N3O. The first-order valence-corrected chi connectivity index (χ1v) is 11.9. The SMILES string of the molecule is CN(CCc1cccc(N2CCCC2)c1)CCN1c2ccccc2COc2ccccc21.Cl.Cl. The number of nitrogens with zero attached hydrogens (tertiary/aromatic N) is 3. The highest BCUT2D eigenvalue weighted by atomic mass is 35.5. The van der Waals surface area contributed by atoms with Gasteiger partial charge in [0.15, 0.2) is 0 Å². The van der Waals surface area contributed by atoms with E-state index < -0.39 is 0 Å². The fourth-order valence-corrected chi connectivity index (χ4v) is 4.81. The van der Waals surface area contributed by atoms with Crippen LogP contribution in [0.4, 0.5) is 17.1 Å². The molecule has 0 aromatic heterocycles. The van der Waals surface area contributed by atoms with Crippen LogP contribution in [0.1, 0.15) is 24.0 Å². The molecule has 2 heterocycles. The van der Waals surface area contributed by atoms with Crippen molar-refractivity contribution >= 4 is 41.9 Å². The van der Waals surface area contributed by atoms with Crippen LogP contribution in [0.15, 0.2) is 72.8 Å². The molecule has 0 spiro atoms. The van der Waals surface area contributed by atoms with Gasteiger partial charge in [-0.25, -0.2) is 0 Å². The quantitative estimate of drug-likeness (QED) is 0.377. The van der Waals surface area contributed by atoms with Crippen LogP contribution < -0.4 is 14.5 Å². The first-order valence-electron chi connectivity index (χ1n) is 11.9. The molecule has 2 aliphatic rings. The van der Waals surface area contributed by atoms with Gasteiger partial charge in [-0.1, -0.05) is 42.5 Å². The van der Waals surface area contributed by atoms with Crippen molar-refractivity contribution in [2.75, 3.05) is 49.6 Å². The van der Waals surface area contributed by atoms with Crippen LogP contribution in [0.5, 0.6) is 5.75 Å². The number of fused-ring (bicyclic) bond motifs is 2. The maximum absolute atomic E-state index is 6.11. The monoisotopic (exact) mass is 499 g/mol. The van der Waals surface area contributed by atoms with Crippen LogP contribution in [0.2, 0.25) is 0 Å². The average Bonchev–Trinajstić information content (AvgIpc) is 3.33. The number of benzene rings is 3. The van der Waals surface area contributed by atoms with Gasteiger partial charge in [-0.2, -0.15) is 0 Å². The molecule has 34 heavy (non-hydrogen) atoms. The van der Waals surface area contributed by atoms with E-state index in [0.717, 1.165) is 37.5 Å². The average molecular weight is 501 g/mol. The van der Waals surface area contributed by atoms with Gasteiger partial charge in [0.05, 0.1) is 5.69 Å². The molecule has 182 valence electrons. The van der Waals surface area contributed by atoms with Crippen molar-refractivity contribution in [1.82, 2.24) is 4.90 Å². The minimum absolute atomic E-state index is 0. The summed E-state index contributed by atoms with van der Waals surface area (Å²) in [6.45, 7) is 6.00. The Kier molecular flexibility index (Phi) is 9.52. The minimum Gasteiger partial charge on any atom is -0.487 e. The van der Waals surface area contributed by atoms with Gasteiger partial charge in [-0.15, -0.1) is 24.8 Å². The zero-order valence-electron chi connectivity index (χ0n) is 19.9. The number of rotatable bonds is 7. The molecule has 4 nitrogen and oxygen atoms in total. The molecular weight excluding hydrogens is 465 g/mol. The van der Waals surface area contributed by atoms with Crippen LogP contribution in [-0.4, -0.2) is 44.7 Å². The fourth-order valence-electron chi connectivity index (χ4n) is 4.81. The minimum atomic E-state index is 0. The van der Waals surface area contributed by atoms with Gasteiger partial charge in [0.25, 0.3) is 0 Å². The van der Waals surface area contributed by atoms with Crippen molar-refractivity contribution < 1.29 is 4.74 Å². The van der Waals surface area contributed by atoms with Gasteiger partial charge in [-0.3, -0.25) is 0 Å². The second-order valence-corrected chi connectivity index (χ2v) is 8.95. The molecule has 5 rings (SSSR count). The van der Waals surface area contributed by atoms with Crippen molar-refractivity contribution in [3.8, 4) is 5.75 Å². The van der Waals surface area contributed by atoms with Crippen LogP contribution in [0.3, 0.4) is 0 Å². The van der Waals surface area contributed by atoms with Crippen LogP contribution in [-0.2, 0) is 13.0 Å². The Labute approximate surface area is 216 Å². The van der Waals surface area contributed by atoms with Crippen molar-refractivity contribution in [1.29, 1.82) is 0 Å². The fraction of sp³-hybridized carbons (Fsp3) is 0.357. The molecule has 0 radical (unpaired) electrons. The van der Waals surface area contributed by atoms with Gasteiger partial charge in [0.2, 0.25) is 0 Å².